The molecule has 11 nitrogen and oxygen atoms in total. The Hall–Kier alpha value is -2.70. The van der Waals surface area contributed by atoms with Gasteiger partial charge in [0.15, 0.2) is 5.82 Å². The highest BCUT2D eigenvalue weighted by Crippen LogP contribution is 2.38. The zero-order valence-electron chi connectivity index (χ0n) is 19.9. The van der Waals surface area contributed by atoms with Crippen molar-refractivity contribution in [2.24, 2.45) is 0 Å². The quantitative estimate of drug-likeness (QED) is 0.688. The third-order valence-corrected chi connectivity index (χ3v) is 6.12. The Morgan fingerprint density at radius 3 is 2.27 bits per heavy atom. The second-order valence-corrected chi connectivity index (χ2v) is 10.3. The molecule has 0 unspecified atom stereocenters. The fourth-order valence-electron chi connectivity index (χ4n) is 3.64. The molecule has 0 aromatic carbocycles. The third-order valence-electron chi connectivity index (χ3n) is 6.12. The SMILES string of the molecule is CC(C)(C)OC(=O)N(C(=O)O)c1ncnc2c1c(B1OC(C)(C)C(C)(C)O1)cn2C1COC1. The summed E-state index contributed by atoms with van der Waals surface area (Å²) in [7, 11) is -0.821. The van der Waals surface area contributed by atoms with Crippen molar-refractivity contribution in [1.82, 2.24) is 14.5 Å². The molecule has 2 aliphatic heterocycles. The van der Waals surface area contributed by atoms with Crippen molar-refractivity contribution in [3.8, 4) is 0 Å². The van der Waals surface area contributed by atoms with Crippen molar-refractivity contribution < 1.29 is 33.5 Å². The van der Waals surface area contributed by atoms with E-state index >= 15 is 0 Å². The average molecular weight is 460 g/mol. The van der Waals surface area contributed by atoms with Gasteiger partial charge in [0.1, 0.15) is 17.6 Å². The zero-order valence-corrected chi connectivity index (χ0v) is 19.9. The van der Waals surface area contributed by atoms with Crippen molar-refractivity contribution in [2.75, 3.05) is 18.1 Å². The maximum absolute atomic E-state index is 12.9. The largest absolute Gasteiger partial charge is 0.497 e. The zero-order chi connectivity index (χ0) is 24.3. The Balaban J connectivity index is 1.90. The van der Waals surface area contributed by atoms with Gasteiger partial charge >= 0.3 is 19.3 Å². The molecule has 1 N–H and O–H groups in total. The molecule has 2 aromatic rings. The van der Waals surface area contributed by atoms with Crippen LogP contribution in [0.25, 0.3) is 11.0 Å². The lowest BCUT2D eigenvalue weighted by Gasteiger charge is -2.32. The highest BCUT2D eigenvalue weighted by atomic mass is 16.7. The summed E-state index contributed by atoms with van der Waals surface area (Å²) in [5.41, 5.74) is -1.17. The molecule has 33 heavy (non-hydrogen) atoms. The Morgan fingerprint density at radius 2 is 1.79 bits per heavy atom. The number of carboxylic acid groups (broad SMARTS) is 1. The van der Waals surface area contributed by atoms with Crippen molar-refractivity contribution in [1.29, 1.82) is 0 Å². The van der Waals surface area contributed by atoms with Gasteiger partial charge in [-0.25, -0.2) is 19.6 Å². The number of amides is 2. The van der Waals surface area contributed by atoms with Crippen LogP contribution >= 0.6 is 0 Å². The second kappa shape index (κ2) is 7.68. The fraction of sp³-hybridized carbons (Fsp3) is 0.619. The third kappa shape index (κ3) is 4.07. The van der Waals surface area contributed by atoms with Crippen LogP contribution in [-0.4, -0.2) is 69.0 Å². The van der Waals surface area contributed by atoms with Crippen LogP contribution in [0.15, 0.2) is 12.5 Å². The van der Waals surface area contributed by atoms with Crippen LogP contribution in [0.3, 0.4) is 0 Å². The number of imide groups is 1. The van der Waals surface area contributed by atoms with Crippen molar-refractivity contribution in [3.63, 3.8) is 0 Å². The van der Waals surface area contributed by atoms with Gasteiger partial charge in [-0.3, -0.25) is 0 Å². The van der Waals surface area contributed by atoms with Crippen molar-refractivity contribution >= 4 is 41.6 Å². The van der Waals surface area contributed by atoms with Gasteiger partial charge in [0, 0.05) is 11.7 Å². The number of rotatable bonds is 3. The number of anilines is 1. The summed E-state index contributed by atoms with van der Waals surface area (Å²) in [4.78, 5) is 34.1. The number of hydrogen-bond donors (Lipinski definition) is 1. The normalized spacial score (nSPS) is 20.0. The molecule has 2 fully saturated rings. The molecule has 2 aromatic heterocycles. The predicted octanol–water partition coefficient (Wildman–Crippen LogP) is 2.72. The van der Waals surface area contributed by atoms with Gasteiger partial charge in [0.2, 0.25) is 0 Å². The lowest BCUT2D eigenvalue weighted by molar-refractivity contribution is -0.0215. The summed E-state index contributed by atoms with van der Waals surface area (Å²) in [6.45, 7) is 13.6. The first-order valence-electron chi connectivity index (χ1n) is 10.8. The summed E-state index contributed by atoms with van der Waals surface area (Å²) in [5, 5.41) is 10.3. The fourth-order valence-corrected chi connectivity index (χ4v) is 3.64. The molecule has 0 aliphatic carbocycles. The molecule has 0 saturated carbocycles. The molecular formula is C21H29BN4O7. The van der Waals surface area contributed by atoms with Gasteiger partial charge in [-0.2, -0.15) is 4.90 Å². The van der Waals surface area contributed by atoms with E-state index in [1.807, 2.05) is 38.5 Å². The minimum Gasteiger partial charge on any atom is -0.464 e. The highest BCUT2D eigenvalue weighted by Gasteiger charge is 2.53. The minimum absolute atomic E-state index is 0.00577. The van der Waals surface area contributed by atoms with E-state index in [9.17, 15) is 14.7 Å². The molecule has 0 radical (unpaired) electrons. The molecule has 178 valence electrons. The van der Waals surface area contributed by atoms with Gasteiger partial charge in [-0.05, 0) is 48.5 Å². The monoisotopic (exact) mass is 460 g/mol. The van der Waals surface area contributed by atoms with E-state index in [1.165, 1.54) is 6.33 Å². The number of carbonyl (C=O) groups excluding carboxylic acids is 1. The molecule has 4 heterocycles. The average Bonchev–Trinajstić information content (AvgIpc) is 3.07. The summed E-state index contributed by atoms with van der Waals surface area (Å²) in [6, 6.07) is 0.00577. The Morgan fingerprint density at radius 1 is 1.18 bits per heavy atom. The first kappa shape index (κ1) is 23.5. The lowest BCUT2D eigenvalue weighted by Crippen LogP contribution is -2.42. The number of nitrogens with zero attached hydrogens (tertiary/aromatic N) is 4. The summed E-state index contributed by atoms with van der Waals surface area (Å²) in [6.07, 6.45) is 0.452. The van der Waals surface area contributed by atoms with Crippen LogP contribution in [0, 0.1) is 0 Å². The first-order chi connectivity index (χ1) is 15.2. The maximum Gasteiger partial charge on any atom is 0.497 e. The number of fused-ring (bicyclic) bond motifs is 1. The summed E-state index contributed by atoms with van der Waals surface area (Å²) in [5.74, 6) is -0.120. The molecule has 2 aliphatic rings. The van der Waals surface area contributed by atoms with E-state index < -0.39 is 36.1 Å². The topological polar surface area (TPSA) is 125 Å². The van der Waals surface area contributed by atoms with Gasteiger partial charge < -0.3 is 28.5 Å². The van der Waals surface area contributed by atoms with Crippen molar-refractivity contribution in [3.05, 3.63) is 12.5 Å². The summed E-state index contributed by atoms with van der Waals surface area (Å²) >= 11 is 0. The van der Waals surface area contributed by atoms with Gasteiger partial charge in [0.05, 0.1) is 35.8 Å². The number of ether oxygens (including phenoxy) is 2. The van der Waals surface area contributed by atoms with E-state index in [1.54, 1.807) is 20.8 Å². The summed E-state index contributed by atoms with van der Waals surface area (Å²) < 4.78 is 25.0. The van der Waals surface area contributed by atoms with E-state index in [4.69, 9.17) is 18.8 Å². The predicted molar refractivity (Wildman–Crippen MR) is 120 cm³/mol. The van der Waals surface area contributed by atoms with E-state index in [0.717, 1.165) is 0 Å². The van der Waals surface area contributed by atoms with Crippen LogP contribution in [0.1, 0.15) is 54.5 Å². The Kier molecular flexibility index (Phi) is 5.46. The van der Waals surface area contributed by atoms with Gasteiger partial charge in [-0.1, -0.05) is 0 Å². The molecule has 2 amide bonds. The number of aromatic nitrogens is 3. The molecule has 12 heteroatoms. The molecule has 4 rings (SSSR count). The van der Waals surface area contributed by atoms with Crippen LogP contribution < -0.4 is 10.4 Å². The number of carbonyl (C=O) groups is 2. The van der Waals surface area contributed by atoms with Crippen molar-refractivity contribution in [2.45, 2.75) is 71.3 Å². The van der Waals surface area contributed by atoms with Crippen LogP contribution in [0.4, 0.5) is 15.4 Å². The Labute approximate surface area is 192 Å². The van der Waals surface area contributed by atoms with Crippen LogP contribution in [0.2, 0.25) is 0 Å². The Bertz CT molecular complexity index is 1090. The maximum atomic E-state index is 12.9. The smallest absolute Gasteiger partial charge is 0.464 e. The van der Waals surface area contributed by atoms with E-state index in [-0.39, 0.29) is 11.9 Å². The minimum atomic E-state index is -1.52. The van der Waals surface area contributed by atoms with Gasteiger partial charge in [-0.15, -0.1) is 0 Å². The van der Waals surface area contributed by atoms with E-state index in [0.29, 0.717) is 34.6 Å². The highest BCUT2D eigenvalue weighted by molar-refractivity contribution is 6.65. The van der Waals surface area contributed by atoms with Gasteiger partial charge in [0.25, 0.3) is 0 Å². The van der Waals surface area contributed by atoms with E-state index in [2.05, 4.69) is 9.97 Å². The molecule has 0 spiro atoms. The van der Waals surface area contributed by atoms with Crippen LogP contribution in [-0.2, 0) is 18.8 Å². The standard InChI is InChI=1S/C21H29BN4O7/c1-19(2,3)31-18(29)26(17(27)28)16-14-13(22-32-20(4,5)21(6,7)33-22)8-25(12-9-30-10-12)15(14)23-11-24-16/h8,11-12H,9-10H2,1-7H3,(H,27,28). The molecule has 0 atom stereocenters. The van der Waals surface area contributed by atoms with Crippen LogP contribution in [0.5, 0.6) is 0 Å². The molecule has 0 bridgehead atoms. The molecule has 2 saturated heterocycles. The lowest BCUT2D eigenvalue weighted by atomic mass is 9.79. The molecular weight excluding hydrogens is 431 g/mol. The number of hydrogen-bond acceptors (Lipinski definition) is 8. The second-order valence-electron chi connectivity index (χ2n) is 10.3. The first-order valence-corrected chi connectivity index (χ1v) is 10.8.